The number of rotatable bonds is 7. The molecule has 2 aromatic heterocycles. The average molecular weight is 489 g/mol. The van der Waals surface area contributed by atoms with Crippen LogP contribution in [0.2, 0.25) is 5.15 Å². The van der Waals surface area contributed by atoms with Gasteiger partial charge in [0, 0.05) is 24.5 Å². The van der Waals surface area contributed by atoms with Gasteiger partial charge in [-0.1, -0.05) is 41.9 Å². The van der Waals surface area contributed by atoms with Crippen molar-refractivity contribution < 1.29 is 12.8 Å². The van der Waals surface area contributed by atoms with E-state index in [4.69, 9.17) is 11.6 Å². The molecule has 0 aliphatic carbocycles. The lowest BCUT2D eigenvalue weighted by Crippen LogP contribution is -2.25. The summed E-state index contributed by atoms with van der Waals surface area (Å²) < 4.78 is 43.6. The lowest BCUT2D eigenvalue weighted by molar-refractivity contribution is 0.578. The molecule has 0 aliphatic heterocycles. The Bertz CT molecular complexity index is 1460. The Hall–Kier alpha value is -3.08. The Labute approximate surface area is 195 Å². The number of aryl methyl sites for hydroxylation is 3. The summed E-state index contributed by atoms with van der Waals surface area (Å²) in [6.07, 6.45) is 0. The SMILES string of the molecule is Cc1nn(C)c(Cl)c1S(=O)(=O)NCc1nc(NCc2ccccc2F)c2cccc(C)c2n1. The molecule has 8 nitrogen and oxygen atoms in total. The average Bonchev–Trinajstić information content (AvgIpc) is 3.04. The molecule has 4 aromatic rings. The minimum absolute atomic E-state index is 0.0162. The van der Waals surface area contributed by atoms with E-state index in [0.717, 1.165) is 10.9 Å². The van der Waals surface area contributed by atoms with Gasteiger partial charge in [0.15, 0.2) is 0 Å². The van der Waals surface area contributed by atoms with Crippen LogP contribution in [0.15, 0.2) is 47.4 Å². The minimum atomic E-state index is -3.95. The van der Waals surface area contributed by atoms with Gasteiger partial charge in [-0.05, 0) is 31.5 Å². The molecule has 0 saturated carbocycles. The highest BCUT2D eigenvalue weighted by atomic mass is 35.5. The van der Waals surface area contributed by atoms with E-state index in [1.54, 1.807) is 32.2 Å². The summed E-state index contributed by atoms with van der Waals surface area (Å²) in [7, 11) is -2.38. The number of hydrogen-bond acceptors (Lipinski definition) is 6. The van der Waals surface area contributed by atoms with Crippen molar-refractivity contribution in [1.29, 1.82) is 0 Å². The van der Waals surface area contributed by atoms with Gasteiger partial charge in [0.1, 0.15) is 27.5 Å². The van der Waals surface area contributed by atoms with Crippen LogP contribution in [0, 0.1) is 19.7 Å². The van der Waals surface area contributed by atoms with Crippen molar-refractivity contribution in [2.24, 2.45) is 7.05 Å². The van der Waals surface area contributed by atoms with E-state index in [1.165, 1.54) is 10.7 Å². The van der Waals surface area contributed by atoms with E-state index < -0.39 is 10.0 Å². The van der Waals surface area contributed by atoms with Gasteiger partial charge in [-0.25, -0.2) is 27.5 Å². The second-order valence-electron chi connectivity index (χ2n) is 7.56. The molecule has 11 heteroatoms. The first-order valence-corrected chi connectivity index (χ1v) is 12.0. The Kier molecular flexibility index (Phi) is 6.33. The molecule has 33 heavy (non-hydrogen) atoms. The van der Waals surface area contributed by atoms with Crippen LogP contribution in [0.4, 0.5) is 10.2 Å². The fourth-order valence-electron chi connectivity index (χ4n) is 3.52. The molecular weight excluding hydrogens is 467 g/mol. The van der Waals surface area contributed by atoms with Crippen LogP contribution in [0.3, 0.4) is 0 Å². The fraction of sp³-hybridized carbons (Fsp3) is 0.227. The number of hydrogen-bond donors (Lipinski definition) is 2. The standard InChI is InChI=1S/C22H22ClFN6O2S/c1-13-7-6-9-16-19(13)27-18(28-22(16)25-11-15-8-4-5-10-17(15)24)12-26-33(31,32)20-14(2)29-30(3)21(20)23/h4-10,26H,11-12H2,1-3H3,(H,25,27,28). The van der Waals surface area contributed by atoms with Crippen molar-refractivity contribution in [1.82, 2.24) is 24.5 Å². The van der Waals surface area contributed by atoms with Crippen molar-refractivity contribution in [3.8, 4) is 0 Å². The molecule has 2 N–H and O–H groups in total. The predicted molar refractivity (Wildman–Crippen MR) is 125 cm³/mol. The lowest BCUT2D eigenvalue weighted by Gasteiger charge is -2.13. The maximum absolute atomic E-state index is 14.1. The van der Waals surface area contributed by atoms with Crippen LogP contribution in [-0.4, -0.2) is 28.2 Å². The largest absolute Gasteiger partial charge is 0.365 e. The quantitative estimate of drug-likeness (QED) is 0.409. The Morgan fingerprint density at radius 1 is 1.06 bits per heavy atom. The first-order chi connectivity index (χ1) is 15.7. The predicted octanol–water partition coefficient (Wildman–Crippen LogP) is 3.86. The summed E-state index contributed by atoms with van der Waals surface area (Å²) in [5, 5.41) is 7.98. The first kappa shape index (κ1) is 23.1. The van der Waals surface area contributed by atoms with Crippen molar-refractivity contribution >= 4 is 38.3 Å². The molecule has 0 radical (unpaired) electrons. The summed E-state index contributed by atoms with van der Waals surface area (Å²) in [6, 6.07) is 12.1. The molecule has 0 bridgehead atoms. The van der Waals surface area contributed by atoms with Crippen LogP contribution in [0.5, 0.6) is 0 Å². The van der Waals surface area contributed by atoms with Crippen molar-refractivity contribution in [3.63, 3.8) is 0 Å². The van der Waals surface area contributed by atoms with E-state index in [1.807, 2.05) is 25.1 Å². The fourth-order valence-corrected chi connectivity index (χ4v) is 5.25. The maximum Gasteiger partial charge on any atom is 0.245 e. The number of nitrogens with zero attached hydrogens (tertiary/aromatic N) is 4. The van der Waals surface area contributed by atoms with E-state index in [9.17, 15) is 12.8 Å². The smallest absolute Gasteiger partial charge is 0.245 e. The zero-order chi connectivity index (χ0) is 23.8. The first-order valence-electron chi connectivity index (χ1n) is 10.1. The number of anilines is 1. The zero-order valence-electron chi connectivity index (χ0n) is 18.2. The van der Waals surface area contributed by atoms with Gasteiger partial charge >= 0.3 is 0 Å². The van der Waals surface area contributed by atoms with Gasteiger partial charge in [-0.3, -0.25) is 4.68 Å². The molecule has 2 heterocycles. The van der Waals surface area contributed by atoms with Crippen molar-refractivity contribution in [3.05, 3.63) is 76.1 Å². The number of para-hydroxylation sites is 1. The van der Waals surface area contributed by atoms with Gasteiger partial charge in [0.2, 0.25) is 10.0 Å². The number of benzene rings is 2. The molecule has 0 atom stereocenters. The summed E-state index contributed by atoms with van der Waals surface area (Å²) in [5.41, 5.74) is 2.35. The van der Waals surface area contributed by atoms with Crippen LogP contribution < -0.4 is 10.0 Å². The minimum Gasteiger partial charge on any atom is -0.365 e. The molecule has 2 aromatic carbocycles. The number of fused-ring (bicyclic) bond motifs is 1. The van der Waals surface area contributed by atoms with Crippen LogP contribution in [0.1, 0.15) is 22.6 Å². The summed E-state index contributed by atoms with van der Waals surface area (Å²) in [5.74, 6) is 0.419. The Morgan fingerprint density at radius 3 is 2.52 bits per heavy atom. The van der Waals surface area contributed by atoms with Gasteiger partial charge in [0.25, 0.3) is 0 Å². The second-order valence-corrected chi connectivity index (χ2v) is 9.62. The molecule has 0 amide bonds. The van der Waals surface area contributed by atoms with Crippen molar-refractivity contribution in [2.45, 2.75) is 31.8 Å². The Morgan fingerprint density at radius 2 is 1.82 bits per heavy atom. The maximum atomic E-state index is 14.1. The Balaban J connectivity index is 1.65. The molecule has 4 rings (SSSR count). The van der Waals surface area contributed by atoms with Gasteiger partial charge in [-0.15, -0.1) is 0 Å². The number of aromatic nitrogens is 4. The van der Waals surface area contributed by atoms with Crippen molar-refractivity contribution in [2.75, 3.05) is 5.32 Å². The third-order valence-corrected chi connectivity index (χ3v) is 7.26. The highest BCUT2D eigenvalue weighted by Gasteiger charge is 2.25. The highest BCUT2D eigenvalue weighted by Crippen LogP contribution is 2.26. The van der Waals surface area contributed by atoms with Crippen LogP contribution >= 0.6 is 11.6 Å². The highest BCUT2D eigenvalue weighted by molar-refractivity contribution is 7.89. The summed E-state index contributed by atoms with van der Waals surface area (Å²) >= 11 is 6.13. The third kappa shape index (κ3) is 4.68. The van der Waals surface area contributed by atoms with Gasteiger partial charge in [-0.2, -0.15) is 5.10 Å². The molecule has 0 fully saturated rings. The van der Waals surface area contributed by atoms with E-state index >= 15 is 0 Å². The van der Waals surface area contributed by atoms with E-state index in [0.29, 0.717) is 16.9 Å². The van der Waals surface area contributed by atoms with Crippen LogP contribution in [0.25, 0.3) is 10.9 Å². The number of sulfonamides is 1. The van der Waals surface area contributed by atoms with E-state index in [2.05, 4.69) is 25.1 Å². The summed E-state index contributed by atoms with van der Waals surface area (Å²) in [6.45, 7) is 3.53. The molecule has 0 aliphatic rings. The summed E-state index contributed by atoms with van der Waals surface area (Å²) in [4.78, 5) is 8.98. The number of halogens is 2. The topological polar surface area (TPSA) is 102 Å². The molecule has 0 unspecified atom stereocenters. The third-order valence-electron chi connectivity index (χ3n) is 5.17. The van der Waals surface area contributed by atoms with Gasteiger partial charge in [0.05, 0.1) is 17.8 Å². The molecule has 172 valence electrons. The zero-order valence-corrected chi connectivity index (χ0v) is 19.8. The van der Waals surface area contributed by atoms with Crippen LogP contribution in [-0.2, 0) is 30.2 Å². The monoisotopic (exact) mass is 488 g/mol. The molecule has 0 saturated heterocycles. The van der Waals surface area contributed by atoms with Gasteiger partial charge < -0.3 is 5.32 Å². The molecular formula is C22H22ClFN6O2S. The second kappa shape index (κ2) is 9.05. The van der Waals surface area contributed by atoms with E-state index in [-0.39, 0.29) is 40.5 Å². The normalized spacial score (nSPS) is 11.8. The number of nitrogens with one attached hydrogen (secondary N) is 2. The molecule has 0 spiro atoms. The lowest BCUT2D eigenvalue weighted by atomic mass is 10.1.